The Labute approximate surface area is 228 Å². The van der Waals surface area contributed by atoms with Crippen LogP contribution >= 0.6 is 12.4 Å². The van der Waals surface area contributed by atoms with Crippen LogP contribution in [0, 0.1) is 5.92 Å². The number of carbonyl (C=O) groups is 2. The van der Waals surface area contributed by atoms with Crippen LogP contribution in [0.2, 0.25) is 0 Å². The molecule has 2 saturated heterocycles. The first-order chi connectivity index (χ1) is 17.7. The normalized spacial score (nSPS) is 17.8. The van der Waals surface area contributed by atoms with Gasteiger partial charge >= 0.3 is 11.7 Å². The van der Waals surface area contributed by atoms with Gasteiger partial charge in [0.2, 0.25) is 5.91 Å². The van der Waals surface area contributed by atoms with Gasteiger partial charge in [0.15, 0.2) is 0 Å². The third-order valence-electron chi connectivity index (χ3n) is 6.94. The number of piperazine rings is 1. The summed E-state index contributed by atoms with van der Waals surface area (Å²) in [5, 5.41) is 12.0. The van der Waals surface area contributed by atoms with E-state index in [1.54, 1.807) is 17.2 Å². The van der Waals surface area contributed by atoms with Gasteiger partial charge in [0.05, 0.1) is 12.3 Å². The number of nitrogens with two attached hydrogens (primary N) is 2. The van der Waals surface area contributed by atoms with Gasteiger partial charge in [-0.25, -0.2) is 9.59 Å². The first-order valence-electron chi connectivity index (χ1n) is 12.6. The fourth-order valence-corrected chi connectivity index (χ4v) is 4.64. The van der Waals surface area contributed by atoms with Crippen molar-refractivity contribution < 1.29 is 14.7 Å². The van der Waals surface area contributed by atoms with E-state index in [9.17, 15) is 19.5 Å². The fraction of sp³-hybridized carbons (Fsp3) is 0.520. The Morgan fingerprint density at radius 2 is 1.74 bits per heavy atom. The Kier molecular flexibility index (Phi) is 9.85. The third-order valence-corrected chi connectivity index (χ3v) is 6.94. The number of aliphatic hydroxyl groups excluding tert-OH is 1. The van der Waals surface area contributed by atoms with Crippen molar-refractivity contribution in [2.24, 2.45) is 17.4 Å². The summed E-state index contributed by atoms with van der Waals surface area (Å²) in [6, 6.07) is 8.96. The molecule has 2 aliphatic heterocycles. The molecule has 2 aliphatic rings. The SMILES string of the molecule is CC(N)(CO)C(=O)N1CCN(C(=O)Nc2ccn(-c3ccc(CN4CC(CCN)C4)cc3)c(=O)n2)CC1.Cl. The third kappa shape index (κ3) is 6.88. The number of halogens is 1. The standard InChI is InChI=1S/C25H36N8O4.ClH/c1-25(27,17-34)22(35)31-10-12-32(13-11-31)23(36)28-21-7-9-33(24(37)29-21)20-4-2-18(3-5-20)14-30-15-19(16-30)6-8-26;/h2-5,7,9,19,34H,6,8,10-17,26-27H2,1H3,(H,28,29,36,37);1H. The number of urea groups is 1. The topological polar surface area (TPSA) is 163 Å². The fourth-order valence-electron chi connectivity index (χ4n) is 4.64. The predicted molar refractivity (Wildman–Crippen MR) is 146 cm³/mol. The van der Waals surface area contributed by atoms with Gasteiger partial charge < -0.3 is 26.4 Å². The number of nitrogens with one attached hydrogen (secondary N) is 1. The molecule has 1 atom stereocenters. The van der Waals surface area contributed by atoms with Crippen LogP contribution in [0.4, 0.5) is 10.6 Å². The van der Waals surface area contributed by atoms with Gasteiger partial charge in [0.1, 0.15) is 11.4 Å². The molecule has 3 amide bonds. The summed E-state index contributed by atoms with van der Waals surface area (Å²) < 4.78 is 1.43. The number of nitrogens with zero attached hydrogens (tertiary/aromatic N) is 5. The van der Waals surface area contributed by atoms with Crippen LogP contribution in [0.15, 0.2) is 41.3 Å². The lowest BCUT2D eigenvalue weighted by Crippen LogP contribution is -2.60. The number of hydrogen-bond donors (Lipinski definition) is 4. The van der Waals surface area contributed by atoms with Crippen LogP contribution in [-0.2, 0) is 11.3 Å². The second-order valence-electron chi connectivity index (χ2n) is 10.1. The number of aromatic nitrogens is 2. The van der Waals surface area contributed by atoms with E-state index < -0.39 is 23.9 Å². The summed E-state index contributed by atoms with van der Waals surface area (Å²) in [4.78, 5) is 47.2. The van der Waals surface area contributed by atoms with Crippen molar-refractivity contribution in [3.63, 3.8) is 0 Å². The van der Waals surface area contributed by atoms with E-state index in [4.69, 9.17) is 11.5 Å². The molecule has 2 aromatic rings. The molecule has 1 unspecified atom stereocenters. The highest BCUT2D eigenvalue weighted by Gasteiger charge is 2.34. The van der Waals surface area contributed by atoms with E-state index in [0.29, 0.717) is 37.8 Å². The van der Waals surface area contributed by atoms with Gasteiger partial charge in [0.25, 0.3) is 0 Å². The molecule has 0 saturated carbocycles. The van der Waals surface area contributed by atoms with Crippen LogP contribution in [-0.4, -0.2) is 99.3 Å². The van der Waals surface area contributed by atoms with Crippen molar-refractivity contribution in [3.8, 4) is 5.69 Å². The summed E-state index contributed by atoms with van der Waals surface area (Å²) in [7, 11) is 0. The molecular weight excluding hydrogens is 512 g/mol. The molecule has 2 fully saturated rings. The van der Waals surface area contributed by atoms with Crippen molar-refractivity contribution in [1.29, 1.82) is 0 Å². The summed E-state index contributed by atoms with van der Waals surface area (Å²) >= 11 is 0. The number of aliphatic hydroxyl groups is 1. The highest BCUT2D eigenvalue weighted by Crippen LogP contribution is 2.21. The van der Waals surface area contributed by atoms with E-state index in [-0.39, 0.29) is 24.1 Å². The zero-order valence-electron chi connectivity index (χ0n) is 21.6. The Morgan fingerprint density at radius 1 is 1.11 bits per heavy atom. The maximum absolute atomic E-state index is 12.7. The molecule has 0 radical (unpaired) electrons. The van der Waals surface area contributed by atoms with E-state index in [1.807, 2.05) is 24.3 Å². The number of benzene rings is 1. The van der Waals surface area contributed by atoms with Crippen molar-refractivity contribution >= 4 is 30.2 Å². The van der Waals surface area contributed by atoms with Crippen LogP contribution in [0.5, 0.6) is 0 Å². The first kappa shape index (κ1) is 29.5. The lowest BCUT2D eigenvalue weighted by atomic mass is 9.96. The van der Waals surface area contributed by atoms with E-state index in [2.05, 4.69) is 15.2 Å². The van der Waals surface area contributed by atoms with Crippen LogP contribution in [0.1, 0.15) is 18.9 Å². The van der Waals surface area contributed by atoms with Gasteiger partial charge in [-0.2, -0.15) is 4.98 Å². The molecule has 1 aromatic heterocycles. The molecule has 4 rings (SSSR count). The number of amides is 3. The monoisotopic (exact) mass is 548 g/mol. The van der Waals surface area contributed by atoms with Gasteiger partial charge in [-0.1, -0.05) is 12.1 Å². The maximum atomic E-state index is 12.7. The van der Waals surface area contributed by atoms with Crippen molar-refractivity contribution in [2.75, 3.05) is 57.7 Å². The molecule has 12 nitrogen and oxygen atoms in total. The quantitative estimate of drug-likeness (QED) is 0.353. The van der Waals surface area contributed by atoms with Gasteiger partial charge in [-0.3, -0.25) is 19.6 Å². The summed E-state index contributed by atoms with van der Waals surface area (Å²) in [5.41, 5.74) is 11.5. The minimum atomic E-state index is -1.35. The molecule has 0 spiro atoms. The number of anilines is 1. The Balaban J connectivity index is 0.00000400. The molecular formula is C25H37ClN8O4. The average Bonchev–Trinajstić information content (AvgIpc) is 2.87. The van der Waals surface area contributed by atoms with Crippen molar-refractivity contribution in [2.45, 2.75) is 25.4 Å². The summed E-state index contributed by atoms with van der Waals surface area (Å²) in [6.07, 6.45) is 2.65. The maximum Gasteiger partial charge on any atom is 0.354 e. The molecule has 13 heteroatoms. The number of carbonyl (C=O) groups excluding carboxylic acids is 2. The summed E-state index contributed by atoms with van der Waals surface area (Å²) in [6.45, 7) is 5.96. The van der Waals surface area contributed by atoms with Gasteiger partial charge in [-0.05, 0) is 49.6 Å². The minimum Gasteiger partial charge on any atom is -0.394 e. The summed E-state index contributed by atoms with van der Waals surface area (Å²) in [5.74, 6) is 0.493. The number of likely N-dealkylation sites (tertiary alicyclic amines) is 1. The van der Waals surface area contributed by atoms with Crippen molar-refractivity contribution in [1.82, 2.24) is 24.3 Å². The molecule has 0 aliphatic carbocycles. The smallest absolute Gasteiger partial charge is 0.354 e. The lowest BCUT2D eigenvalue weighted by Gasteiger charge is -2.39. The van der Waals surface area contributed by atoms with Crippen LogP contribution < -0.4 is 22.5 Å². The van der Waals surface area contributed by atoms with Gasteiger partial charge in [0, 0.05) is 52.0 Å². The number of hydrogen-bond acceptors (Lipinski definition) is 8. The molecule has 6 N–H and O–H groups in total. The largest absolute Gasteiger partial charge is 0.394 e. The molecule has 3 heterocycles. The average molecular weight is 549 g/mol. The first-order valence-corrected chi connectivity index (χ1v) is 12.6. The van der Waals surface area contributed by atoms with Crippen LogP contribution in [0.3, 0.4) is 0 Å². The Morgan fingerprint density at radius 3 is 2.32 bits per heavy atom. The molecule has 1 aromatic carbocycles. The molecule has 208 valence electrons. The number of rotatable bonds is 8. The van der Waals surface area contributed by atoms with Crippen molar-refractivity contribution in [3.05, 3.63) is 52.6 Å². The highest BCUT2D eigenvalue weighted by molar-refractivity contribution is 5.89. The van der Waals surface area contributed by atoms with E-state index in [1.165, 1.54) is 22.0 Å². The second kappa shape index (κ2) is 12.7. The van der Waals surface area contributed by atoms with Gasteiger partial charge in [-0.15, -0.1) is 12.4 Å². The zero-order valence-corrected chi connectivity index (χ0v) is 22.4. The van der Waals surface area contributed by atoms with E-state index >= 15 is 0 Å². The zero-order chi connectivity index (χ0) is 26.6. The van der Waals surface area contributed by atoms with E-state index in [0.717, 1.165) is 32.6 Å². The molecule has 38 heavy (non-hydrogen) atoms. The minimum absolute atomic E-state index is 0. The predicted octanol–water partition coefficient (Wildman–Crippen LogP) is -0.179. The van der Waals surface area contributed by atoms with Crippen LogP contribution in [0.25, 0.3) is 5.69 Å². The lowest BCUT2D eigenvalue weighted by molar-refractivity contribution is -0.139. The Bertz CT molecular complexity index is 1160. The second-order valence-corrected chi connectivity index (χ2v) is 10.1. The Hall–Kier alpha value is -3.03. The molecule has 0 bridgehead atoms. The highest BCUT2D eigenvalue weighted by atomic mass is 35.5.